The van der Waals surface area contributed by atoms with Gasteiger partial charge < -0.3 is 10.6 Å². The van der Waals surface area contributed by atoms with Crippen LogP contribution >= 0.6 is 23.2 Å². The summed E-state index contributed by atoms with van der Waals surface area (Å²) >= 11 is 11.8. The smallest absolute Gasteiger partial charge is 0.238 e. The number of likely N-dealkylation sites (N-methyl/N-ethyl adjacent to an activating group) is 1. The number of nitrogens with zero attached hydrogens (tertiary/aromatic N) is 1. The Kier molecular flexibility index (Phi) is 7.45. The Balaban J connectivity index is 1.79. The number of anilines is 1. The van der Waals surface area contributed by atoms with E-state index in [0.29, 0.717) is 15.7 Å². The summed E-state index contributed by atoms with van der Waals surface area (Å²) in [5.74, 6) is -0.388. The highest BCUT2D eigenvalue weighted by Gasteiger charge is 2.14. The molecule has 0 aliphatic heterocycles. The number of benzene rings is 2. The van der Waals surface area contributed by atoms with Gasteiger partial charge in [-0.25, -0.2) is 0 Å². The number of amides is 2. The largest absolute Gasteiger partial charge is 0.348 e. The van der Waals surface area contributed by atoms with Crippen LogP contribution in [0.3, 0.4) is 0 Å². The van der Waals surface area contributed by atoms with Crippen molar-refractivity contribution >= 4 is 40.7 Å². The molecule has 1 atom stereocenters. The number of hydrogen-bond acceptors (Lipinski definition) is 3. The van der Waals surface area contributed by atoms with Gasteiger partial charge in [-0.1, -0.05) is 53.5 Å². The van der Waals surface area contributed by atoms with Gasteiger partial charge in [0, 0.05) is 5.69 Å². The number of carbonyl (C=O) groups excluding carboxylic acids is 2. The van der Waals surface area contributed by atoms with E-state index in [2.05, 4.69) is 10.6 Å². The fourth-order valence-electron chi connectivity index (χ4n) is 2.43. The van der Waals surface area contributed by atoms with E-state index in [1.807, 2.05) is 37.3 Å². The van der Waals surface area contributed by atoms with Crippen LogP contribution in [0.4, 0.5) is 5.69 Å². The summed E-state index contributed by atoms with van der Waals surface area (Å²) in [5.41, 5.74) is 1.58. The zero-order chi connectivity index (χ0) is 19.1. The second-order valence-corrected chi connectivity index (χ2v) is 6.86. The first-order valence-corrected chi connectivity index (χ1v) is 8.88. The quantitative estimate of drug-likeness (QED) is 0.752. The second-order valence-electron chi connectivity index (χ2n) is 6.05. The molecule has 0 saturated carbocycles. The normalized spacial score (nSPS) is 11.9. The van der Waals surface area contributed by atoms with Gasteiger partial charge >= 0.3 is 0 Å². The Labute approximate surface area is 163 Å². The Hall–Kier alpha value is -2.08. The van der Waals surface area contributed by atoms with Crippen LogP contribution in [0.1, 0.15) is 18.5 Å². The van der Waals surface area contributed by atoms with Crippen LogP contribution in [-0.4, -0.2) is 36.9 Å². The summed E-state index contributed by atoms with van der Waals surface area (Å²) in [6.45, 7) is 2.11. The molecule has 0 unspecified atom stereocenters. The Morgan fingerprint density at radius 3 is 2.31 bits per heavy atom. The number of carbonyl (C=O) groups is 2. The van der Waals surface area contributed by atoms with Crippen LogP contribution < -0.4 is 10.6 Å². The first-order chi connectivity index (χ1) is 12.3. The maximum atomic E-state index is 12.1. The molecule has 0 heterocycles. The third-order valence-corrected chi connectivity index (χ3v) is 4.45. The topological polar surface area (TPSA) is 61.4 Å². The summed E-state index contributed by atoms with van der Waals surface area (Å²) < 4.78 is 0. The van der Waals surface area contributed by atoms with Crippen molar-refractivity contribution < 1.29 is 9.59 Å². The first kappa shape index (κ1) is 20.2. The molecule has 2 N–H and O–H groups in total. The lowest BCUT2D eigenvalue weighted by Crippen LogP contribution is -2.39. The van der Waals surface area contributed by atoms with Gasteiger partial charge in [-0.05, 0) is 37.7 Å². The molecule has 2 aromatic rings. The van der Waals surface area contributed by atoms with Gasteiger partial charge in [-0.2, -0.15) is 0 Å². The SMILES string of the molecule is C[C@@H](NC(=O)CN(C)CC(=O)Nc1ccc(Cl)c(Cl)c1)c1ccccc1. The van der Waals surface area contributed by atoms with E-state index in [1.54, 1.807) is 30.1 Å². The molecule has 2 rings (SSSR count). The maximum absolute atomic E-state index is 12.1. The van der Waals surface area contributed by atoms with Crippen molar-refractivity contribution in [3.05, 3.63) is 64.1 Å². The summed E-state index contributed by atoms with van der Waals surface area (Å²) in [6, 6.07) is 14.5. The lowest BCUT2D eigenvalue weighted by molar-refractivity contribution is -0.123. The molecule has 0 fully saturated rings. The zero-order valence-corrected chi connectivity index (χ0v) is 16.1. The molecule has 0 aliphatic carbocycles. The van der Waals surface area contributed by atoms with E-state index in [1.165, 1.54) is 0 Å². The predicted molar refractivity (Wildman–Crippen MR) is 106 cm³/mol. The second kappa shape index (κ2) is 9.57. The van der Waals surface area contributed by atoms with E-state index < -0.39 is 0 Å². The molecule has 26 heavy (non-hydrogen) atoms. The fourth-order valence-corrected chi connectivity index (χ4v) is 2.73. The summed E-state index contributed by atoms with van der Waals surface area (Å²) in [6.07, 6.45) is 0. The van der Waals surface area contributed by atoms with Crippen LogP contribution in [-0.2, 0) is 9.59 Å². The van der Waals surface area contributed by atoms with Gasteiger partial charge in [-0.3, -0.25) is 14.5 Å². The average molecular weight is 394 g/mol. The molecule has 0 radical (unpaired) electrons. The van der Waals surface area contributed by atoms with Crippen molar-refractivity contribution in [2.75, 3.05) is 25.5 Å². The summed E-state index contributed by atoms with van der Waals surface area (Å²) in [4.78, 5) is 25.9. The van der Waals surface area contributed by atoms with Crippen molar-refractivity contribution in [3.63, 3.8) is 0 Å². The standard InChI is InChI=1S/C19H21Cl2N3O2/c1-13(14-6-4-3-5-7-14)22-18(25)11-24(2)12-19(26)23-15-8-9-16(20)17(21)10-15/h3-10,13H,11-12H2,1-2H3,(H,22,25)(H,23,26)/t13-/m1/s1. The minimum atomic E-state index is -0.241. The molecule has 0 aliphatic rings. The molecule has 138 valence electrons. The maximum Gasteiger partial charge on any atom is 0.238 e. The molecule has 2 aromatic carbocycles. The van der Waals surface area contributed by atoms with E-state index in [4.69, 9.17) is 23.2 Å². The molecule has 0 aromatic heterocycles. The molecule has 5 nitrogen and oxygen atoms in total. The number of hydrogen-bond donors (Lipinski definition) is 2. The van der Waals surface area contributed by atoms with Crippen molar-refractivity contribution in [1.82, 2.24) is 10.2 Å². The van der Waals surface area contributed by atoms with Gasteiger partial charge in [-0.15, -0.1) is 0 Å². The minimum Gasteiger partial charge on any atom is -0.348 e. The minimum absolute atomic E-state index is 0.0768. The summed E-state index contributed by atoms with van der Waals surface area (Å²) in [5, 5.41) is 6.43. The summed E-state index contributed by atoms with van der Waals surface area (Å²) in [7, 11) is 1.71. The van der Waals surface area contributed by atoms with Gasteiger partial charge in [0.25, 0.3) is 0 Å². The molecular formula is C19H21Cl2N3O2. The van der Waals surface area contributed by atoms with Crippen LogP contribution in [0.5, 0.6) is 0 Å². The van der Waals surface area contributed by atoms with Crippen LogP contribution in [0, 0.1) is 0 Å². The molecule has 0 spiro atoms. The van der Waals surface area contributed by atoms with E-state index >= 15 is 0 Å². The lowest BCUT2D eigenvalue weighted by atomic mass is 10.1. The monoisotopic (exact) mass is 393 g/mol. The number of nitrogens with one attached hydrogen (secondary N) is 2. The van der Waals surface area contributed by atoms with Crippen molar-refractivity contribution in [3.8, 4) is 0 Å². The number of halogens is 2. The van der Waals surface area contributed by atoms with Crippen molar-refractivity contribution in [2.24, 2.45) is 0 Å². The Morgan fingerprint density at radius 2 is 1.65 bits per heavy atom. The Bertz CT molecular complexity index is 769. The predicted octanol–water partition coefficient (Wildman–Crippen LogP) is 3.74. The van der Waals surface area contributed by atoms with Crippen molar-refractivity contribution in [1.29, 1.82) is 0 Å². The average Bonchev–Trinajstić information content (AvgIpc) is 2.58. The van der Waals surface area contributed by atoms with Gasteiger partial charge in [0.1, 0.15) is 0 Å². The molecular weight excluding hydrogens is 373 g/mol. The fraction of sp³-hybridized carbons (Fsp3) is 0.263. The van der Waals surface area contributed by atoms with Gasteiger partial charge in [0.15, 0.2) is 0 Å². The van der Waals surface area contributed by atoms with E-state index in [9.17, 15) is 9.59 Å². The van der Waals surface area contributed by atoms with Crippen molar-refractivity contribution in [2.45, 2.75) is 13.0 Å². The molecule has 7 heteroatoms. The third kappa shape index (κ3) is 6.33. The van der Waals surface area contributed by atoms with Gasteiger partial charge in [0.05, 0.1) is 29.2 Å². The molecule has 0 saturated heterocycles. The number of rotatable bonds is 7. The molecule has 2 amide bonds. The van der Waals surface area contributed by atoms with Crippen LogP contribution in [0.25, 0.3) is 0 Å². The molecule has 0 bridgehead atoms. The highest BCUT2D eigenvalue weighted by atomic mass is 35.5. The first-order valence-electron chi connectivity index (χ1n) is 8.13. The van der Waals surface area contributed by atoms with Gasteiger partial charge in [0.2, 0.25) is 11.8 Å². The highest BCUT2D eigenvalue weighted by molar-refractivity contribution is 6.42. The lowest BCUT2D eigenvalue weighted by Gasteiger charge is -2.19. The van der Waals surface area contributed by atoms with Crippen LogP contribution in [0.15, 0.2) is 48.5 Å². The highest BCUT2D eigenvalue weighted by Crippen LogP contribution is 2.24. The van der Waals surface area contributed by atoms with Crippen LogP contribution in [0.2, 0.25) is 10.0 Å². The van der Waals surface area contributed by atoms with E-state index in [0.717, 1.165) is 5.56 Å². The van der Waals surface area contributed by atoms with E-state index in [-0.39, 0.29) is 30.9 Å². The third-order valence-electron chi connectivity index (χ3n) is 3.71. The Morgan fingerprint density at radius 1 is 1.00 bits per heavy atom. The zero-order valence-electron chi connectivity index (χ0n) is 14.6.